The maximum Gasteiger partial charge on any atom is 0.250 e. The van der Waals surface area contributed by atoms with E-state index in [9.17, 15) is 13.2 Å². The van der Waals surface area contributed by atoms with Crippen LogP contribution in [0.4, 0.5) is 0 Å². The number of nitrogens with zero attached hydrogens (tertiary/aromatic N) is 5. The summed E-state index contributed by atoms with van der Waals surface area (Å²) in [5, 5.41) is 5.60. The Morgan fingerprint density at radius 1 is 1.00 bits per heavy atom. The van der Waals surface area contributed by atoms with Gasteiger partial charge in [-0.05, 0) is 66.8 Å². The molecule has 1 saturated heterocycles. The van der Waals surface area contributed by atoms with E-state index in [0.717, 1.165) is 34.1 Å². The monoisotopic (exact) mass is 539 g/mol. The largest absolute Gasteiger partial charge is 0.316 e. The van der Waals surface area contributed by atoms with E-state index >= 15 is 0 Å². The van der Waals surface area contributed by atoms with Crippen molar-refractivity contribution in [3.8, 4) is 5.69 Å². The number of aromatic nitrogens is 4. The molecule has 0 spiro atoms. The molecule has 0 radical (unpaired) electrons. The van der Waals surface area contributed by atoms with Crippen LogP contribution >= 0.6 is 0 Å². The van der Waals surface area contributed by atoms with Gasteiger partial charge in [0, 0.05) is 55.6 Å². The quantitative estimate of drug-likeness (QED) is 0.325. The summed E-state index contributed by atoms with van der Waals surface area (Å²) >= 11 is 0. The van der Waals surface area contributed by atoms with Gasteiger partial charge in [0.1, 0.15) is 0 Å². The SMILES string of the molecule is Cc1cc2c(cnn2-c2ccc(=O)n(C)c2)cc1C1(Cc2ccccc2)CCN(S(=O)(=O)c2ccncc2)C1. The maximum absolute atomic E-state index is 13.6. The van der Waals surface area contributed by atoms with Gasteiger partial charge in [0.2, 0.25) is 15.6 Å². The second kappa shape index (κ2) is 9.59. The van der Waals surface area contributed by atoms with Crippen molar-refractivity contribution in [2.75, 3.05) is 13.1 Å². The average molecular weight is 540 g/mol. The molecule has 8 nitrogen and oxygen atoms in total. The van der Waals surface area contributed by atoms with Gasteiger partial charge in [-0.15, -0.1) is 0 Å². The fraction of sp³-hybridized carbons (Fsp3) is 0.233. The van der Waals surface area contributed by atoms with Gasteiger partial charge in [0.15, 0.2) is 0 Å². The summed E-state index contributed by atoms with van der Waals surface area (Å²) in [7, 11) is -1.93. The van der Waals surface area contributed by atoms with Gasteiger partial charge in [0.05, 0.1) is 22.3 Å². The van der Waals surface area contributed by atoms with E-state index in [-0.39, 0.29) is 10.5 Å². The summed E-state index contributed by atoms with van der Waals surface area (Å²) in [5.74, 6) is 0. The van der Waals surface area contributed by atoms with Gasteiger partial charge in [-0.25, -0.2) is 13.1 Å². The van der Waals surface area contributed by atoms with Gasteiger partial charge < -0.3 is 4.57 Å². The number of aryl methyl sites for hydroxylation is 2. The van der Waals surface area contributed by atoms with Crippen LogP contribution in [0.3, 0.4) is 0 Å². The topological polar surface area (TPSA) is 90.1 Å². The molecular weight excluding hydrogens is 510 g/mol. The van der Waals surface area contributed by atoms with E-state index in [1.807, 2.05) is 29.1 Å². The highest BCUT2D eigenvalue weighted by atomic mass is 32.2. The summed E-state index contributed by atoms with van der Waals surface area (Å²) in [6, 6.07) is 21.0. The van der Waals surface area contributed by atoms with Crippen LogP contribution < -0.4 is 5.56 Å². The van der Waals surface area contributed by atoms with Crippen LogP contribution in [0.2, 0.25) is 0 Å². The van der Waals surface area contributed by atoms with Crippen molar-refractivity contribution in [3.63, 3.8) is 0 Å². The van der Waals surface area contributed by atoms with Crippen LogP contribution in [-0.4, -0.2) is 45.1 Å². The summed E-state index contributed by atoms with van der Waals surface area (Å²) in [6.45, 7) is 2.90. The fourth-order valence-corrected chi connectivity index (χ4v) is 7.32. The summed E-state index contributed by atoms with van der Waals surface area (Å²) in [5.41, 5.74) is 4.63. The molecular formula is C30H29N5O3S. The molecule has 4 heterocycles. The molecule has 5 aromatic rings. The van der Waals surface area contributed by atoms with Gasteiger partial charge >= 0.3 is 0 Å². The summed E-state index contributed by atoms with van der Waals surface area (Å²) < 4.78 is 32.1. The summed E-state index contributed by atoms with van der Waals surface area (Å²) in [4.78, 5) is 16.2. The number of hydrogen-bond acceptors (Lipinski definition) is 5. The lowest BCUT2D eigenvalue weighted by atomic mass is 9.73. The van der Waals surface area contributed by atoms with E-state index in [2.05, 4.69) is 41.3 Å². The Morgan fingerprint density at radius 2 is 1.77 bits per heavy atom. The van der Waals surface area contributed by atoms with Crippen molar-refractivity contribution < 1.29 is 8.42 Å². The average Bonchev–Trinajstić information content (AvgIpc) is 3.56. The molecule has 1 aliphatic rings. The first-order valence-corrected chi connectivity index (χ1v) is 14.3. The maximum atomic E-state index is 13.6. The van der Waals surface area contributed by atoms with Crippen molar-refractivity contribution in [2.45, 2.75) is 30.1 Å². The molecule has 3 aromatic heterocycles. The first-order chi connectivity index (χ1) is 18.8. The standard InChI is InChI=1S/C30H29N5O3S/c1-22-16-28-24(19-32-35(28)25-8-9-29(36)33(2)20-25)17-27(22)30(18-23-6-4-3-5-7-23)12-15-34(21-30)39(37,38)26-10-13-31-14-11-26/h3-11,13-14,16-17,19-20H,12,15,18,21H2,1-2H3. The molecule has 0 bridgehead atoms. The predicted molar refractivity (Wildman–Crippen MR) is 150 cm³/mol. The van der Waals surface area contributed by atoms with Crippen LogP contribution in [0.1, 0.15) is 23.1 Å². The second-order valence-electron chi connectivity index (χ2n) is 10.3. The first-order valence-electron chi connectivity index (χ1n) is 12.9. The van der Waals surface area contributed by atoms with E-state index in [4.69, 9.17) is 0 Å². The molecule has 2 aromatic carbocycles. The lowest BCUT2D eigenvalue weighted by molar-refractivity contribution is 0.413. The Bertz CT molecular complexity index is 1830. The molecule has 0 aliphatic carbocycles. The second-order valence-corrected chi connectivity index (χ2v) is 12.3. The molecule has 0 N–H and O–H groups in total. The minimum atomic E-state index is -3.66. The Balaban J connectivity index is 1.45. The number of rotatable bonds is 6. The Hall–Kier alpha value is -4.08. The molecule has 9 heteroatoms. The molecule has 39 heavy (non-hydrogen) atoms. The third kappa shape index (κ3) is 4.47. The van der Waals surface area contributed by atoms with Gasteiger partial charge in [-0.2, -0.15) is 9.40 Å². The van der Waals surface area contributed by atoms with Crippen molar-refractivity contribution in [1.82, 2.24) is 23.6 Å². The molecule has 1 aliphatic heterocycles. The van der Waals surface area contributed by atoms with E-state index in [1.54, 1.807) is 35.7 Å². The highest BCUT2D eigenvalue weighted by molar-refractivity contribution is 7.89. The summed E-state index contributed by atoms with van der Waals surface area (Å²) in [6.07, 6.45) is 8.06. The van der Waals surface area contributed by atoms with E-state index in [1.165, 1.54) is 28.6 Å². The molecule has 1 fully saturated rings. The number of sulfonamides is 1. The number of fused-ring (bicyclic) bond motifs is 1. The lowest BCUT2D eigenvalue weighted by Crippen LogP contribution is -2.36. The normalized spacial score (nSPS) is 18.1. The third-order valence-corrected chi connectivity index (χ3v) is 9.65. The first kappa shape index (κ1) is 25.2. The lowest BCUT2D eigenvalue weighted by Gasteiger charge is -2.32. The number of pyridine rings is 2. The minimum absolute atomic E-state index is 0.0796. The predicted octanol–water partition coefficient (Wildman–Crippen LogP) is 4.00. The molecule has 0 amide bonds. The van der Waals surface area contributed by atoms with E-state index < -0.39 is 15.4 Å². The third-order valence-electron chi connectivity index (χ3n) is 7.79. The zero-order chi connectivity index (χ0) is 27.2. The Morgan fingerprint density at radius 3 is 2.51 bits per heavy atom. The van der Waals surface area contributed by atoms with Crippen molar-refractivity contribution in [2.24, 2.45) is 7.05 Å². The fourth-order valence-electron chi connectivity index (χ4n) is 5.80. The van der Waals surface area contributed by atoms with Crippen molar-refractivity contribution in [3.05, 3.63) is 119 Å². The van der Waals surface area contributed by atoms with Crippen LogP contribution in [0.5, 0.6) is 0 Å². The highest BCUT2D eigenvalue weighted by Gasteiger charge is 2.45. The van der Waals surface area contributed by atoms with Crippen LogP contribution in [0.15, 0.2) is 101 Å². The molecule has 1 unspecified atom stereocenters. The zero-order valence-electron chi connectivity index (χ0n) is 21.9. The van der Waals surface area contributed by atoms with Gasteiger partial charge in [-0.1, -0.05) is 30.3 Å². The molecule has 1 atom stereocenters. The van der Waals surface area contributed by atoms with Crippen LogP contribution in [0, 0.1) is 6.92 Å². The van der Waals surface area contributed by atoms with Crippen molar-refractivity contribution in [1.29, 1.82) is 0 Å². The smallest absolute Gasteiger partial charge is 0.250 e. The Kier molecular flexibility index (Phi) is 6.20. The highest BCUT2D eigenvalue weighted by Crippen LogP contribution is 2.42. The number of benzene rings is 2. The van der Waals surface area contributed by atoms with Gasteiger partial charge in [0.25, 0.3) is 0 Å². The molecule has 198 valence electrons. The van der Waals surface area contributed by atoms with Gasteiger partial charge in [-0.3, -0.25) is 9.78 Å². The van der Waals surface area contributed by atoms with E-state index in [0.29, 0.717) is 19.5 Å². The van der Waals surface area contributed by atoms with Crippen LogP contribution in [0.25, 0.3) is 16.6 Å². The number of hydrogen-bond donors (Lipinski definition) is 0. The van der Waals surface area contributed by atoms with Crippen molar-refractivity contribution >= 4 is 20.9 Å². The molecule has 6 rings (SSSR count). The zero-order valence-corrected chi connectivity index (χ0v) is 22.7. The minimum Gasteiger partial charge on any atom is -0.316 e. The van der Waals surface area contributed by atoms with Crippen LogP contribution in [-0.2, 0) is 28.9 Å². The molecule has 0 saturated carbocycles. The Labute approximate surface area is 227 Å².